The largest absolute Gasteiger partial charge is 0.390 e. The highest BCUT2D eigenvalue weighted by Crippen LogP contribution is 2.23. The smallest absolute Gasteiger partial charge is 0.326 e. The van der Waals surface area contributed by atoms with Gasteiger partial charge >= 0.3 is 6.18 Å². The van der Waals surface area contributed by atoms with E-state index < -0.39 is 29.2 Å². The predicted molar refractivity (Wildman–Crippen MR) is 61.7 cm³/mol. The highest BCUT2D eigenvalue weighted by molar-refractivity contribution is 7.89. The fourth-order valence-corrected chi connectivity index (χ4v) is 2.77. The fraction of sp³-hybridized carbons (Fsp3) is 0.667. The van der Waals surface area contributed by atoms with Gasteiger partial charge in [-0.2, -0.15) is 22.6 Å². The Morgan fingerprint density at radius 2 is 2.00 bits per heavy atom. The first-order valence-corrected chi connectivity index (χ1v) is 6.80. The maximum Gasteiger partial charge on any atom is 0.390 e. The van der Waals surface area contributed by atoms with Crippen molar-refractivity contribution < 1.29 is 21.6 Å². The van der Waals surface area contributed by atoms with Crippen LogP contribution >= 0.6 is 0 Å². The molecule has 1 aromatic heterocycles. The molecule has 6 nitrogen and oxygen atoms in total. The molecule has 0 aliphatic carbocycles. The van der Waals surface area contributed by atoms with Crippen LogP contribution in [0.5, 0.6) is 0 Å². The van der Waals surface area contributed by atoms with Gasteiger partial charge in [-0.15, -0.1) is 0 Å². The van der Waals surface area contributed by atoms with Gasteiger partial charge in [0, 0.05) is 31.4 Å². The number of aromatic amines is 1. The lowest BCUT2D eigenvalue weighted by Crippen LogP contribution is -2.31. The Morgan fingerprint density at radius 3 is 2.47 bits per heavy atom. The summed E-state index contributed by atoms with van der Waals surface area (Å²) in [4.78, 5) is 0. The second kappa shape index (κ2) is 5.47. The van der Waals surface area contributed by atoms with Crippen LogP contribution in [0.4, 0.5) is 13.2 Å². The molecule has 0 amide bonds. The normalized spacial score (nSPS) is 13.2. The second-order valence-corrected chi connectivity index (χ2v) is 5.99. The summed E-state index contributed by atoms with van der Waals surface area (Å²) in [5, 5.41) is 5.75. The topological polar surface area (TPSA) is 92.1 Å². The van der Waals surface area contributed by atoms with E-state index in [2.05, 4.69) is 10.2 Å². The van der Waals surface area contributed by atoms with Crippen LogP contribution in [0.1, 0.15) is 17.7 Å². The molecule has 0 radical (unpaired) electrons. The number of rotatable bonds is 5. The molecule has 0 aromatic carbocycles. The monoisotopic (exact) mass is 300 g/mol. The summed E-state index contributed by atoms with van der Waals surface area (Å²) in [5.74, 6) is 0. The van der Waals surface area contributed by atoms with Gasteiger partial charge in [-0.1, -0.05) is 0 Å². The van der Waals surface area contributed by atoms with Crippen molar-refractivity contribution in [3.8, 4) is 0 Å². The zero-order valence-electron chi connectivity index (χ0n) is 10.5. The number of sulfonamides is 1. The van der Waals surface area contributed by atoms with Crippen LogP contribution in [0.15, 0.2) is 5.03 Å². The summed E-state index contributed by atoms with van der Waals surface area (Å²) in [6.45, 7) is 0.857. The minimum absolute atomic E-state index is 0.0655. The van der Waals surface area contributed by atoms with E-state index in [1.54, 1.807) is 6.92 Å². The lowest BCUT2D eigenvalue weighted by atomic mass is 10.3. The molecule has 110 valence electrons. The lowest BCUT2D eigenvalue weighted by Gasteiger charge is -2.17. The molecule has 19 heavy (non-hydrogen) atoms. The molecular weight excluding hydrogens is 285 g/mol. The predicted octanol–water partition coefficient (Wildman–Crippen LogP) is 0.750. The van der Waals surface area contributed by atoms with Crippen LogP contribution in [0.2, 0.25) is 0 Å². The highest BCUT2D eigenvalue weighted by Gasteiger charge is 2.32. The molecule has 0 spiro atoms. The number of hydrogen-bond acceptors (Lipinski definition) is 4. The third-order valence-corrected chi connectivity index (χ3v) is 4.43. The molecule has 3 N–H and O–H groups in total. The van der Waals surface area contributed by atoms with Crippen LogP contribution in [0, 0.1) is 6.92 Å². The number of nitrogens with one attached hydrogen (secondary N) is 1. The minimum Gasteiger partial charge on any atom is -0.326 e. The van der Waals surface area contributed by atoms with Gasteiger partial charge in [-0.3, -0.25) is 5.10 Å². The summed E-state index contributed by atoms with van der Waals surface area (Å²) in [6, 6.07) is 0. The summed E-state index contributed by atoms with van der Waals surface area (Å²) >= 11 is 0. The SMILES string of the molecule is Cc1[nH]nc(S(=O)(=O)N(C)CCC(F)(F)F)c1CN. The molecule has 1 rings (SSSR count). The molecule has 0 saturated carbocycles. The Hall–Kier alpha value is -1.13. The summed E-state index contributed by atoms with van der Waals surface area (Å²) < 4.78 is 61.0. The first-order valence-electron chi connectivity index (χ1n) is 5.36. The van der Waals surface area contributed by atoms with E-state index in [-0.39, 0.29) is 17.1 Å². The van der Waals surface area contributed by atoms with E-state index >= 15 is 0 Å². The highest BCUT2D eigenvalue weighted by atomic mass is 32.2. The van der Waals surface area contributed by atoms with Crippen molar-refractivity contribution in [1.82, 2.24) is 14.5 Å². The van der Waals surface area contributed by atoms with Crippen molar-refractivity contribution in [2.45, 2.75) is 31.1 Å². The Labute approximate surface area is 108 Å². The number of nitrogens with zero attached hydrogens (tertiary/aromatic N) is 2. The number of alkyl halides is 3. The van der Waals surface area contributed by atoms with Gasteiger partial charge in [0.1, 0.15) is 0 Å². The van der Waals surface area contributed by atoms with Gasteiger partial charge in [0.2, 0.25) is 0 Å². The summed E-state index contributed by atoms with van der Waals surface area (Å²) in [6.07, 6.45) is -5.63. The minimum atomic E-state index is -4.41. The molecule has 1 aromatic rings. The van der Waals surface area contributed by atoms with Crippen LogP contribution < -0.4 is 5.73 Å². The molecule has 0 unspecified atom stereocenters. The van der Waals surface area contributed by atoms with Gasteiger partial charge < -0.3 is 5.73 Å². The molecule has 0 atom stereocenters. The molecule has 0 aliphatic heterocycles. The van der Waals surface area contributed by atoms with Crippen molar-refractivity contribution in [3.05, 3.63) is 11.3 Å². The Balaban J connectivity index is 2.97. The zero-order valence-corrected chi connectivity index (χ0v) is 11.3. The van der Waals surface area contributed by atoms with E-state index in [0.29, 0.717) is 10.00 Å². The Bertz CT molecular complexity index is 538. The van der Waals surface area contributed by atoms with Crippen molar-refractivity contribution in [2.24, 2.45) is 5.73 Å². The number of aryl methyl sites for hydroxylation is 1. The standard InChI is InChI=1S/C9H15F3N4O2S/c1-6-7(5-13)8(15-14-6)19(17,18)16(2)4-3-9(10,11)12/h3-5,13H2,1-2H3,(H,14,15). The molecule has 0 bridgehead atoms. The molecule has 10 heteroatoms. The number of hydrogen-bond donors (Lipinski definition) is 2. The molecule has 0 aliphatic rings. The Kier molecular flexibility index (Phi) is 4.59. The van der Waals surface area contributed by atoms with Crippen molar-refractivity contribution in [1.29, 1.82) is 0 Å². The Morgan fingerprint density at radius 1 is 1.42 bits per heavy atom. The number of nitrogens with two attached hydrogens (primary N) is 1. The van der Waals surface area contributed by atoms with E-state index in [0.717, 1.165) is 7.05 Å². The van der Waals surface area contributed by atoms with Gasteiger partial charge in [-0.25, -0.2) is 8.42 Å². The van der Waals surface area contributed by atoms with E-state index in [4.69, 9.17) is 5.73 Å². The third-order valence-electron chi connectivity index (χ3n) is 2.60. The van der Waals surface area contributed by atoms with Crippen LogP contribution in [-0.2, 0) is 16.6 Å². The zero-order chi connectivity index (χ0) is 14.8. The molecule has 0 fully saturated rings. The average Bonchev–Trinajstić information content (AvgIpc) is 2.66. The van der Waals surface area contributed by atoms with Crippen molar-refractivity contribution in [3.63, 3.8) is 0 Å². The average molecular weight is 300 g/mol. The van der Waals surface area contributed by atoms with Gasteiger partial charge in [0.05, 0.1) is 6.42 Å². The lowest BCUT2D eigenvalue weighted by molar-refractivity contribution is -0.135. The van der Waals surface area contributed by atoms with Gasteiger partial charge in [0.25, 0.3) is 10.0 Å². The summed E-state index contributed by atoms with van der Waals surface area (Å²) in [5.41, 5.74) is 6.17. The molecular formula is C9H15F3N4O2S. The van der Waals surface area contributed by atoms with Crippen molar-refractivity contribution in [2.75, 3.05) is 13.6 Å². The van der Waals surface area contributed by atoms with Gasteiger partial charge in [0.15, 0.2) is 5.03 Å². The fourth-order valence-electron chi connectivity index (χ4n) is 1.44. The number of H-pyrrole nitrogens is 1. The second-order valence-electron chi connectivity index (χ2n) is 4.03. The number of halogens is 3. The maximum atomic E-state index is 12.1. The van der Waals surface area contributed by atoms with E-state index in [9.17, 15) is 21.6 Å². The maximum absolute atomic E-state index is 12.1. The van der Waals surface area contributed by atoms with Crippen LogP contribution in [0.25, 0.3) is 0 Å². The third kappa shape index (κ3) is 3.67. The number of aromatic nitrogens is 2. The van der Waals surface area contributed by atoms with Crippen LogP contribution in [0.3, 0.4) is 0 Å². The first kappa shape index (κ1) is 15.9. The molecule has 1 heterocycles. The van der Waals surface area contributed by atoms with E-state index in [1.165, 1.54) is 0 Å². The quantitative estimate of drug-likeness (QED) is 0.839. The van der Waals surface area contributed by atoms with E-state index in [1.807, 2.05) is 0 Å². The van der Waals surface area contributed by atoms with Crippen LogP contribution in [-0.4, -0.2) is 42.7 Å². The first-order chi connectivity index (χ1) is 8.59. The van der Waals surface area contributed by atoms with Gasteiger partial charge in [-0.05, 0) is 6.92 Å². The molecule has 0 saturated heterocycles. The van der Waals surface area contributed by atoms with Crippen molar-refractivity contribution >= 4 is 10.0 Å². The summed E-state index contributed by atoms with van der Waals surface area (Å²) in [7, 11) is -3.00.